The van der Waals surface area contributed by atoms with Gasteiger partial charge in [0.15, 0.2) is 0 Å². The summed E-state index contributed by atoms with van der Waals surface area (Å²) < 4.78 is 0. The zero-order valence-electron chi connectivity index (χ0n) is 11.9. The molecule has 2 atom stereocenters. The first-order chi connectivity index (χ1) is 9.97. The number of nitrogens with zero attached hydrogens (tertiary/aromatic N) is 1. The Labute approximate surface area is 123 Å². The third-order valence-corrected chi connectivity index (χ3v) is 4.01. The number of hydrogen-bond acceptors (Lipinski definition) is 3. The molecular formula is C16H18N2O3. The minimum atomic E-state index is -1.20. The first-order valence-corrected chi connectivity index (χ1v) is 7.03. The molecular weight excluding hydrogens is 268 g/mol. The number of benzene rings is 1. The van der Waals surface area contributed by atoms with Gasteiger partial charge in [-0.2, -0.15) is 5.26 Å². The summed E-state index contributed by atoms with van der Waals surface area (Å²) in [6, 6.07) is 8.24. The SMILES string of the molecule is CC1CCCC(NC(=O)c2cccc(C#N)c2)(C(=O)O)C1. The van der Waals surface area contributed by atoms with E-state index in [-0.39, 0.29) is 5.92 Å². The van der Waals surface area contributed by atoms with Crippen molar-refractivity contribution in [3.05, 3.63) is 35.4 Å². The highest BCUT2D eigenvalue weighted by atomic mass is 16.4. The Balaban J connectivity index is 2.22. The minimum absolute atomic E-state index is 0.264. The lowest BCUT2D eigenvalue weighted by atomic mass is 9.76. The van der Waals surface area contributed by atoms with Crippen molar-refractivity contribution >= 4 is 11.9 Å². The molecule has 1 saturated carbocycles. The quantitative estimate of drug-likeness (QED) is 0.892. The molecule has 0 bridgehead atoms. The largest absolute Gasteiger partial charge is 0.480 e. The number of carboxylic acids is 1. The molecule has 1 amide bonds. The lowest BCUT2D eigenvalue weighted by Gasteiger charge is -2.37. The summed E-state index contributed by atoms with van der Waals surface area (Å²) in [7, 11) is 0. The van der Waals surface area contributed by atoms with Crippen molar-refractivity contribution < 1.29 is 14.7 Å². The second-order valence-electron chi connectivity index (χ2n) is 5.74. The van der Waals surface area contributed by atoms with Crippen LogP contribution in [0.25, 0.3) is 0 Å². The topological polar surface area (TPSA) is 90.2 Å². The van der Waals surface area contributed by atoms with Gasteiger partial charge in [-0.25, -0.2) is 4.79 Å². The van der Waals surface area contributed by atoms with E-state index in [1.807, 2.05) is 13.0 Å². The molecule has 2 unspecified atom stereocenters. The monoisotopic (exact) mass is 286 g/mol. The third-order valence-electron chi connectivity index (χ3n) is 4.01. The highest BCUT2D eigenvalue weighted by molar-refractivity contribution is 5.98. The van der Waals surface area contributed by atoms with Crippen molar-refractivity contribution in [1.82, 2.24) is 5.32 Å². The standard InChI is InChI=1S/C16H18N2O3/c1-11-4-3-7-16(9-11,15(20)21)18-14(19)13-6-2-5-12(8-13)10-17/h2,5-6,8,11H,3-4,7,9H2,1H3,(H,18,19)(H,20,21). The number of nitrogens with one attached hydrogen (secondary N) is 1. The van der Waals surface area contributed by atoms with Gasteiger partial charge in [-0.15, -0.1) is 0 Å². The molecule has 21 heavy (non-hydrogen) atoms. The lowest BCUT2D eigenvalue weighted by molar-refractivity contribution is -0.146. The Bertz CT molecular complexity index is 606. The molecule has 0 radical (unpaired) electrons. The summed E-state index contributed by atoms with van der Waals surface area (Å²) >= 11 is 0. The van der Waals surface area contributed by atoms with E-state index in [9.17, 15) is 14.7 Å². The van der Waals surface area contributed by atoms with Gasteiger partial charge in [-0.3, -0.25) is 4.79 Å². The fourth-order valence-electron chi connectivity index (χ4n) is 2.93. The number of carbonyl (C=O) groups is 2. The van der Waals surface area contributed by atoms with Gasteiger partial charge in [0.25, 0.3) is 5.91 Å². The van der Waals surface area contributed by atoms with E-state index >= 15 is 0 Å². The summed E-state index contributed by atoms with van der Waals surface area (Å²) in [5.41, 5.74) is -0.505. The van der Waals surface area contributed by atoms with Gasteiger partial charge in [0, 0.05) is 5.56 Å². The Morgan fingerprint density at radius 1 is 1.48 bits per heavy atom. The van der Waals surface area contributed by atoms with Gasteiger partial charge < -0.3 is 10.4 Å². The highest BCUT2D eigenvalue weighted by Gasteiger charge is 2.43. The molecule has 0 aromatic heterocycles. The van der Waals surface area contributed by atoms with Gasteiger partial charge in [0.05, 0.1) is 11.6 Å². The van der Waals surface area contributed by atoms with Crippen LogP contribution in [-0.4, -0.2) is 22.5 Å². The zero-order valence-corrected chi connectivity index (χ0v) is 11.9. The van der Waals surface area contributed by atoms with E-state index in [1.165, 1.54) is 6.07 Å². The Hall–Kier alpha value is -2.35. The average molecular weight is 286 g/mol. The predicted molar refractivity (Wildman–Crippen MR) is 76.6 cm³/mol. The first-order valence-electron chi connectivity index (χ1n) is 7.03. The van der Waals surface area contributed by atoms with E-state index in [2.05, 4.69) is 5.32 Å². The van der Waals surface area contributed by atoms with Crippen LogP contribution in [0.15, 0.2) is 24.3 Å². The van der Waals surface area contributed by atoms with Crippen molar-refractivity contribution in [1.29, 1.82) is 5.26 Å². The number of hydrogen-bond donors (Lipinski definition) is 2. The van der Waals surface area contributed by atoms with E-state index in [0.29, 0.717) is 24.0 Å². The van der Waals surface area contributed by atoms with E-state index < -0.39 is 17.4 Å². The number of amides is 1. The van der Waals surface area contributed by atoms with Gasteiger partial charge in [0.2, 0.25) is 0 Å². The summed E-state index contributed by atoms with van der Waals surface area (Å²) in [6.07, 6.45) is 2.64. The predicted octanol–water partition coefficient (Wildman–Crippen LogP) is 2.32. The smallest absolute Gasteiger partial charge is 0.329 e. The fourth-order valence-corrected chi connectivity index (χ4v) is 2.93. The number of carboxylic acid groups (broad SMARTS) is 1. The molecule has 2 N–H and O–H groups in total. The maximum absolute atomic E-state index is 12.3. The molecule has 0 spiro atoms. The van der Waals surface area contributed by atoms with Crippen molar-refractivity contribution in [3.63, 3.8) is 0 Å². The average Bonchev–Trinajstić information content (AvgIpc) is 2.47. The molecule has 110 valence electrons. The molecule has 1 fully saturated rings. The molecule has 0 aliphatic heterocycles. The second-order valence-corrected chi connectivity index (χ2v) is 5.74. The van der Waals surface area contributed by atoms with Gasteiger partial charge in [-0.05, 0) is 37.0 Å². The zero-order chi connectivity index (χ0) is 15.5. The van der Waals surface area contributed by atoms with Crippen LogP contribution in [0.1, 0.15) is 48.5 Å². The number of rotatable bonds is 3. The maximum atomic E-state index is 12.3. The molecule has 2 rings (SSSR count). The van der Waals surface area contributed by atoms with Crippen LogP contribution in [0.4, 0.5) is 0 Å². The van der Waals surface area contributed by atoms with E-state index in [0.717, 1.165) is 12.8 Å². The molecule has 1 aliphatic carbocycles. The number of nitriles is 1. The number of carbonyl (C=O) groups excluding carboxylic acids is 1. The van der Waals surface area contributed by atoms with Gasteiger partial charge >= 0.3 is 5.97 Å². The first kappa shape index (κ1) is 15.0. The molecule has 5 nitrogen and oxygen atoms in total. The van der Waals surface area contributed by atoms with Gasteiger partial charge in [0.1, 0.15) is 5.54 Å². The van der Waals surface area contributed by atoms with Crippen molar-refractivity contribution in [2.24, 2.45) is 5.92 Å². The molecule has 1 aliphatic rings. The van der Waals surface area contributed by atoms with E-state index in [4.69, 9.17) is 5.26 Å². The van der Waals surface area contributed by atoms with Crippen molar-refractivity contribution in [3.8, 4) is 6.07 Å². The molecule has 5 heteroatoms. The van der Waals surface area contributed by atoms with Crippen LogP contribution >= 0.6 is 0 Å². The molecule has 1 aromatic rings. The highest BCUT2D eigenvalue weighted by Crippen LogP contribution is 2.32. The Morgan fingerprint density at radius 3 is 2.86 bits per heavy atom. The summed E-state index contributed by atoms with van der Waals surface area (Å²) in [6.45, 7) is 2.00. The number of aliphatic carboxylic acids is 1. The Morgan fingerprint density at radius 2 is 2.24 bits per heavy atom. The van der Waals surface area contributed by atoms with E-state index in [1.54, 1.807) is 18.2 Å². The third kappa shape index (κ3) is 3.22. The second kappa shape index (κ2) is 5.96. The van der Waals surface area contributed by atoms with Gasteiger partial charge in [-0.1, -0.05) is 25.8 Å². The van der Waals surface area contributed by atoms with Crippen LogP contribution in [0.2, 0.25) is 0 Å². The van der Waals surface area contributed by atoms with Crippen LogP contribution in [0.5, 0.6) is 0 Å². The lowest BCUT2D eigenvalue weighted by Crippen LogP contribution is -2.56. The normalized spacial score (nSPS) is 24.9. The van der Waals surface area contributed by atoms with Crippen LogP contribution in [0.3, 0.4) is 0 Å². The molecule has 0 heterocycles. The fraction of sp³-hybridized carbons (Fsp3) is 0.438. The van der Waals surface area contributed by atoms with Crippen LogP contribution in [0, 0.1) is 17.2 Å². The van der Waals surface area contributed by atoms with Crippen molar-refractivity contribution in [2.45, 2.75) is 38.1 Å². The molecule has 1 aromatic carbocycles. The summed E-state index contributed by atoms with van der Waals surface area (Å²) in [5.74, 6) is -1.16. The maximum Gasteiger partial charge on any atom is 0.329 e. The van der Waals surface area contributed by atoms with Crippen LogP contribution < -0.4 is 5.32 Å². The summed E-state index contributed by atoms with van der Waals surface area (Å²) in [5, 5.41) is 21.1. The van der Waals surface area contributed by atoms with Crippen LogP contribution in [-0.2, 0) is 4.79 Å². The molecule has 0 saturated heterocycles. The Kier molecular flexibility index (Phi) is 4.27. The minimum Gasteiger partial charge on any atom is -0.480 e. The van der Waals surface area contributed by atoms with Crippen molar-refractivity contribution in [2.75, 3.05) is 0 Å². The summed E-state index contributed by atoms with van der Waals surface area (Å²) in [4.78, 5) is 24.0.